The third kappa shape index (κ3) is 4.53. The van der Waals surface area contributed by atoms with Gasteiger partial charge in [0.1, 0.15) is 10.0 Å². The second-order valence-electron chi connectivity index (χ2n) is 1.87. The summed E-state index contributed by atoms with van der Waals surface area (Å²) in [7, 11) is 3.73. The Kier molecular flexibility index (Phi) is 4.32. The van der Waals surface area contributed by atoms with E-state index in [1.165, 1.54) is 0 Å². The van der Waals surface area contributed by atoms with E-state index in [1.807, 2.05) is 6.92 Å². The van der Waals surface area contributed by atoms with Crippen molar-refractivity contribution in [1.82, 2.24) is 0 Å². The zero-order chi connectivity index (χ0) is 8.15. The van der Waals surface area contributed by atoms with Crippen LogP contribution in [0.5, 0.6) is 0 Å². The number of rotatable bonds is 3. The minimum Gasteiger partial charge on any atom is -0.237 e. The average Bonchev–Trinajstić information content (AvgIpc) is 1.82. The largest absolute Gasteiger partial charge is 0.237 e. The van der Waals surface area contributed by atoms with Crippen molar-refractivity contribution >= 4 is 20.7 Å². The minimum absolute atomic E-state index is 0.393. The fourth-order valence-electron chi connectivity index (χ4n) is 0.289. The second-order valence-corrected chi connectivity index (χ2v) is 3.68. The molecule has 0 fully saturated rings. The molecule has 0 heterocycles. The van der Waals surface area contributed by atoms with Gasteiger partial charge in [0.05, 0.1) is 0 Å². The Morgan fingerprint density at radius 2 is 2.00 bits per heavy atom. The van der Waals surface area contributed by atoms with E-state index in [4.69, 9.17) is 10.7 Å². The number of allylic oxidation sites excluding steroid dienone is 3. The lowest BCUT2D eigenvalue weighted by Gasteiger charge is -1.88. The Balaban J connectivity index is 4.03. The molecule has 1 unspecified atom stereocenters. The van der Waals surface area contributed by atoms with E-state index < -0.39 is 10.0 Å². The van der Waals surface area contributed by atoms with Crippen molar-refractivity contribution in [3.63, 3.8) is 0 Å². The van der Waals surface area contributed by atoms with Crippen LogP contribution in [0.3, 0.4) is 0 Å². The lowest BCUT2D eigenvalue weighted by atomic mass is 10.3. The Bertz CT molecular complexity index is 206. The predicted molar refractivity (Wildman–Crippen MR) is 47.1 cm³/mol. The quantitative estimate of drug-likeness (QED) is 0.477. The highest BCUT2D eigenvalue weighted by molar-refractivity contribution is 8.11. The van der Waals surface area contributed by atoms with E-state index in [-0.39, 0.29) is 0 Å². The highest BCUT2D eigenvalue weighted by Crippen LogP contribution is 2.05. The standard InChI is InChI=1S/C7H9ClOS/c1-6(2)4-5-7(3)10(8)9/h4-5H,1,3H2,2H3. The van der Waals surface area contributed by atoms with Crippen LogP contribution in [0.4, 0.5) is 0 Å². The van der Waals surface area contributed by atoms with Crippen molar-refractivity contribution in [2.75, 3.05) is 0 Å². The van der Waals surface area contributed by atoms with Gasteiger partial charge in [0, 0.05) is 4.91 Å². The highest BCUT2D eigenvalue weighted by Gasteiger charge is 1.93. The van der Waals surface area contributed by atoms with Gasteiger partial charge in [-0.25, -0.2) is 4.21 Å². The van der Waals surface area contributed by atoms with Crippen LogP contribution < -0.4 is 0 Å². The first-order valence-electron chi connectivity index (χ1n) is 2.64. The molecule has 0 saturated heterocycles. The first-order chi connectivity index (χ1) is 4.54. The molecule has 56 valence electrons. The van der Waals surface area contributed by atoms with Crippen molar-refractivity contribution in [3.05, 3.63) is 35.8 Å². The van der Waals surface area contributed by atoms with Crippen LogP contribution in [0.15, 0.2) is 35.8 Å². The van der Waals surface area contributed by atoms with Gasteiger partial charge in [-0.1, -0.05) is 24.8 Å². The van der Waals surface area contributed by atoms with Gasteiger partial charge in [-0.05, 0) is 23.7 Å². The summed E-state index contributed by atoms with van der Waals surface area (Å²) in [4.78, 5) is 0.393. The maximum Gasteiger partial charge on any atom is 0.146 e. The van der Waals surface area contributed by atoms with Gasteiger partial charge >= 0.3 is 0 Å². The summed E-state index contributed by atoms with van der Waals surface area (Å²) in [6, 6.07) is 0. The van der Waals surface area contributed by atoms with E-state index in [0.29, 0.717) is 4.91 Å². The molecule has 0 N–H and O–H groups in total. The zero-order valence-electron chi connectivity index (χ0n) is 5.76. The summed E-state index contributed by atoms with van der Waals surface area (Å²) < 4.78 is 10.5. The van der Waals surface area contributed by atoms with Gasteiger partial charge in [-0.2, -0.15) is 0 Å². The van der Waals surface area contributed by atoms with E-state index >= 15 is 0 Å². The molecule has 0 radical (unpaired) electrons. The molecule has 1 atom stereocenters. The maximum atomic E-state index is 10.5. The summed E-state index contributed by atoms with van der Waals surface area (Å²) in [5.74, 6) is 0. The minimum atomic E-state index is -1.48. The van der Waals surface area contributed by atoms with Gasteiger partial charge < -0.3 is 0 Å². The monoisotopic (exact) mass is 176 g/mol. The normalized spacial score (nSPS) is 13.4. The fourth-order valence-corrected chi connectivity index (χ4v) is 0.618. The number of hydrogen-bond acceptors (Lipinski definition) is 1. The van der Waals surface area contributed by atoms with E-state index in [1.54, 1.807) is 12.2 Å². The van der Waals surface area contributed by atoms with Crippen LogP contribution in [0, 0.1) is 0 Å². The average molecular weight is 177 g/mol. The molecule has 0 amide bonds. The van der Waals surface area contributed by atoms with Crippen LogP contribution in [-0.4, -0.2) is 4.21 Å². The lowest BCUT2D eigenvalue weighted by Crippen LogP contribution is -1.77. The van der Waals surface area contributed by atoms with Gasteiger partial charge in [0.2, 0.25) is 0 Å². The summed E-state index contributed by atoms with van der Waals surface area (Å²) in [6.45, 7) is 8.92. The van der Waals surface area contributed by atoms with Crippen molar-refractivity contribution in [3.8, 4) is 0 Å². The molecule has 0 aromatic rings. The highest BCUT2D eigenvalue weighted by atomic mass is 35.7. The summed E-state index contributed by atoms with van der Waals surface area (Å²) >= 11 is 0. The fraction of sp³-hybridized carbons (Fsp3) is 0.143. The summed E-state index contributed by atoms with van der Waals surface area (Å²) in [6.07, 6.45) is 3.30. The Labute approximate surface area is 68.0 Å². The van der Waals surface area contributed by atoms with Gasteiger partial charge in [-0.15, -0.1) is 0 Å². The van der Waals surface area contributed by atoms with Crippen LogP contribution in [0.1, 0.15) is 6.92 Å². The maximum absolute atomic E-state index is 10.5. The topological polar surface area (TPSA) is 17.1 Å². The molecular weight excluding hydrogens is 168 g/mol. The molecular formula is C7H9ClOS. The van der Waals surface area contributed by atoms with E-state index in [0.717, 1.165) is 5.57 Å². The third-order valence-corrected chi connectivity index (χ3v) is 1.90. The first kappa shape index (κ1) is 9.66. The first-order valence-corrected chi connectivity index (χ1v) is 4.62. The molecule has 0 bridgehead atoms. The molecule has 0 saturated carbocycles. The Morgan fingerprint density at radius 3 is 2.30 bits per heavy atom. The SMILES string of the molecule is C=C(C)C=CC(=C)S(=O)Cl. The van der Waals surface area contributed by atoms with Crippen LogP contribution in [-0.2, 0) is 10.0 Å². The molecule has 1 nitrogen and oxygen atoms in total. The molecule has 0 rings (SSSR count). The van der Waals surface area contributed by atoms with Gasteiger partial charge in [0.25, 0.3) is 0 Å². The lowest BCUT2D eigenvalue weighted by molar-refractivity contribution is 0.695. The zero-order valence-corrected chi connectivity index (χ0v) is 7.34. The molecule has 10 heavy (non-hydrogen) atoms. The molecule has 0 aliphatic heterocycles. The van der Waals surface area contributed by atoms with Crippen molar-refractivity contribution < 1.29 is 4.21 Å². The van der Waals surface area contributed by atoms with Gasteiger partial charge in [0.15, 0.2) is 0 Å². The summed E-state index contributed by atoms with van der Waals surface area (Å²) in [5.41, 5.74) is 0.878. The molecule has 0 aliphatic rings. The number of halogens is 1. The van der Waals surface area contributed by atoms with E-state index in [2.05, 4.69) is 13.2 Å². The number of hydrogen-bond donors (Lipinski definition) is 0. The second kappa shape index (κ2) is 4.47. The molecule has 0 aliphatic carbocycles. The van der Waals surface area contributed by atoms with Crippen molar-refractivity contribution in [1.29, 1.82) is 0 Å². The third-order valence-electron chi connectivity index (χ3n) is 0.760. The van der Waals surface area contributed by atoms with Crippen LogP contribution in [0.25, 0.3) is 0 Å². The Morgan fingerprint density at radius 1 is 1.50 bits per heavy atom. The Hall–Kier alpha value is -0.340. The molecule has 0 spiro atoms. The smallest absolute Gasteiger partial charge is 0.146 e. The van der Waals surface area contributed by atoms with Crippen LogP contribution in [0.2, 0.25) is 0 Å². The molecule has 0 aromatic heterocycles. The molecule has 0 aromatic carbocycles. The van der Waals surface area contributed by atoms with Crippen LogP contribution >= 0.6 is 10.7 Å². The molecule has 3 heteroatoms. The van der Waals surface area contributed by atoms with Gasteiger partial charge in [-0.3, -0.25) is 0 Å². The van der Waals surface area contributed by atoms with E-state index in [9.17, 15) is 4.21 Å². The summed E-state index contributed by atoms with van der Waals surface area (Å²) in [5, 5.41) is 0. The predicted octanol–water partition coefficient (Wildman–Crippen LogP) is 2.53. The van der Waals surface area contributed by atoms with Crippen molar-refractivity contribution in [2.24, 2.45) is 0 Å². The van der Waals surface area contributed by atoms with Crippen molar-refractivity contribution in [2.45, 2.75) is 6.92 Å².